The van der Waals surface area contributed by atoms with Crippen LogP contribution < -0.4 is 5.32 Å². The summed E-state index contributed by atoms with van der Waals surface area (Å²) in [6.45, 7) is 4.02. The second kappa shape index (κ2) is 5.43. The fourth-order valence-corrected chi connectivity index (χ4v) is 2.54. The average Bonchev–Trinajstić information content (AvgIpc) is 2.43. The number of carbonyl (C=O) groups excluding carboxylic acids is 2. The first-order chi connectivity index (χ1) is 9.06. The minimum atomic E-state index is -0.556. The van der Waals surface area contributed by atoms with Crippen molar-refractivity contribution < 1.29 is 9.59 Å². The van der Waals surface area contributed by atoms with Crippen LogP contribution in [0.15, 0.2) is 30.3 Å². The van der Waals surface area contributed by atoms with E-state index in [1.807, 2.05) is 44.2 Å². The number of nitrogens with one attached hydrogen (secondary N) is 1. The van der Waals surface area contributed by atoms with Crippen LogP contribution in [-0.2, 0) is 9.59 Å². The van der Waals surface area contributed by atoms with Crippen LogP contribution in [0.25, 0.3) is 0 Å². The van der Waals surface area contributed by atoms with Gasteiger partial charge in [0.25, 0.3) is 0 Å². The van der Waals surface area contributed by atoms with Gasteiger partial charge in [0.15, 0.2) is 0 Å². The lowest BCUT2D eigenvalue weighted by molar-refractivity contribution is -0.149. The van der Waals surface area contributed by atoms with Gasteiger partial charge in [0, 0.05) is 7.05 Å². The maximum Gasteiger partial charge on any atom is 0.250 e. The third-order valence-corrected chi connectivity index (χ3v) is 3.88. The highest BCUT2D eigenvalue weighted by Crippen LogP contribution is 2.25. The molecule has 0 aromatic heterocycles. The van der Waals surface area contributed by atoms with Gasteiger partial charge in [0.2, 0.25) is 11.8 Å². The van der Waals surface area contributed by atoms with E-state index >= 15 is 0 Å². The van der Waals surface area contributed by atoms with Crippen molar-refractivity contribution in [1.82, 2.24) is 10.2 Å². The van der Waals surface area contributed by atoms with Gasteiger partial charge in [-0.2, -0.15) is 0 Å². The van der Waals surface area contributed by atoms with Gasteiger partial charge >= 0.3 is 0 Å². The maximum absolute atomic E-state index is 12.4. The Morgan fingerprint density at radius 3 is 2.47 bits per heavy atom. The molecule has 1 aliphatic rings. The zero-order valence-electron chi connectivity index (χ0n) is 11.6. The lowest BCUT2D eigenvalue weighted by Gasteiger charge is -2.39. The topological polar surface area (TPSA) is 49.4 Å². The molecule has 0 spiro atoms. The summed E-state index contributed by atoms with van der Waals surface area (Å²) >= 11 is 0. The SMILES string of the molecule is CCC(C)C1C(=O)NC(c2ccccc2)C(=O)N1C. The number of nitrogens with zero attached hydrogens (tertiary/aromatic N) is 1. The molecule has 1 aromatic rings. The molecular formula is C15H20N2O2. The predicted molar refractivity (Wildman–Crippen MR) is 73.3 cm³/mol. The molecule has 1 aliphatic heterocycles. The van der Waals surface area contributed by atoms with E-state index in [9.17, 15) is 9.59 Å². The molecule has 1 saturated heterocycles. The molecule has 0 radical (unpaired) electrons. The summed E-state index contributed by atoms with van der Waals surface area (Å²) in [5.74, 6) is 0.0482. The molecule has 0 aliphatic carbocycles. The number of benzene rings is 1. The lowest BCUT2D eigenvalue weighted by Crippen LogP contribution is -2.60. The van der Waals surface area contributed by atoms with Crippen LogP contribution >= 0.6 is 0 Å². The molecule has 0 bridgehead atoms. The van der Waals surface area contributed by atoms with Crippen LogP contribution in [0, 0.1) is 5.92 Å². The van der Waals surface area contributed by atoms with Crippen LogP contribution in [0.1, 0.15) is 31.9 Å². The molecule has 4 heteroatoms. The highest BCUT2D eigenvalue weighted by molar-refractivity contribution is 5.97. The molecule has 3 unspecified atom stereocenters. The van der Waals surface area contributed by atoms with Gasteiger partial charge in [-0.25, -0.2) is 0 Å². The van der Waals surface area contributed by atoms with Gasteiger partial charge in [-0.15, -0.1) is 0 Å². The molecule has 3 atom stereocenters. The van der Waals surface area contributed by atoms with Gasteiger partial charge in [-0.1, -0.05) is 50.6 Å². The van der Waals surface area contributed by atoms with Crippen molar-refractivity contribution in [2.45, 2.75) is 32.4 Å². The molecule has 102 valence electrons. The Kier molecular flexibility index (Phi) is 3.88. The minimum Gasteiger partial charge on any atom is -0.339 e. The Hall–Kier alpha value is -1.84. The van der Waals surface area contributed by atoms with Gasteiger partial charge < -0.3 is 10.2 Å². The van der Waals surface area contributed by atoms with Crippen LogP contribution in [-0.4, -0.2) is 29.8 Å². The molecule has 2 rings (SSSR count). The molecule has 1 aromatic carbocycles. The normalized spacial score (nSPS) is 25.1. The van der Waals surface area contributed by atoms with E-state index in [0.29, 0.717) is 0 Å². The fraction of sp³-hybridized carbons (Fsp3) is 0.467. The Morgan fingerprint density at radius 1 is 1.26 bits per heavy atom. The Bertz CT molecular complexity index is 472. The molecule has 2 amide bonds. The van der Waals surface area contributed by atoms with Crippen molar-refractivity contribution >= 4 is 11.8 Å². The number of carbonyl (C=O) groups is 2. The van der Waals surface area contributed by atoms with Gasteiger partial charge in [0.05, 0.1) is 0 Å². The highest BCUT2D eigenvalue weighted by Gasteiger charge is 2.41. The second-order valence-corrected chi connectivity index (χ2v) is 5.13. The van der Waals surface area contributed by atoms with Crippen molar-refractivity contribution in [1.29, 1.82) is 0 Å². The summed E-state index contributed by atoms with van der Waals surface area (Å²) < 4.78 is 0. The first kappa shape index (κ1) is 13.6. The van der Waals surface area contributed by atoms with Crippen LogP contribution in [0.4, 0.5) is 0 Å². The zero-order valence-corrected chi connectivity index (χ0v) is 11.6. The Morgan fingerprint density at radius 2 is 1.89 bits per heavy atom. The van der Waals surface area contributed by atoms with Crippen molar-refractivity contribution in [2.24, 2.45) is 5.92 Å². The first-order valence-electron chi connectivity index (χ1n) is 6.68. The molecule has 19 heavy (non-hydrogen) atoms. The fourth-order valence-electron chi connectivity index (χ4n) is 2.54. The smallest absolute Gasteiger partial charge is 0.250 e. The standard InChI is InChI=1S/C15H20N2O2/c1-4-10(2)13-14(18)16-12(15(19)17(13)3)11-8-6-5-7-9-11/h5-10,12-13H,4H2,1-3H3,(H,16,18). The van der Waals surface area contributed by atoms with E-state index in [0.717, 1.165) is 12.0 Å². The van der Waals surface area contributed by atoms with Gasteiger partial charge in [-0.3, -0.25) is 9.59 Å². The molecule has 1 fully saturated rings. The third kappa shape index (κ3) is 2.48. The predicted octanol–water partition coefficient (Wildman–Crippen LogP) is 1.73. The summed E-state index contributed by atoms with van der Waals surface area (Å²) in [5, 5.41) is 2.85. The Labute approximate surface area is 113 Å². The highest BCUT2D eigenvalue weighted by atomic mass is 16.2. The summed E-state index contributed by atoms with van der Waals surface area (Å²) in [7, 11) is 1.72. The number of hydrogen-bond donors (Lipinski definition) is 1. The lowest BCUT2D eigenvalue weighted by atomic mass is 9.92. The van der Waals surface area contributed by atoms with Gasteiger partial charge in [-0.05, 0) is 11.5 Å². The summed E-state index contributed by atoms with van der Waals surface area (Å²) in [4.78, 5) is 26.2. The van der Waals surface area contributed by atoms with Crippen molar-refractivity contribution in [3.63, 3.8) is 0 Å². The van der Waals surface area contributed by atoms with E-state index in [-0.39, 0.29) is 23.8 Å². The van der Waals surface area contributed by atoms with Crippen LogP contribution in [0.2, 0.25) is 0 Å². The quantitative estimate of drug-likeness (QED) is 0.899. The van der Waals surface area contributed by atoms with Crippen molar-refractivity contribution in [3.05, 3.63) is 35.9 Å². The van der Waals surface area contributed by atoms with Crippen LogP contribution in [0.5, 0.6) is 0 Å². The van der Waals surface area contributed by atoms with E-state index in [1.54, 1.807) is 11.9 Å². The van der Waals surface area contributed by atoms with E-state index in [1.165, 1.54) is 0 Å². The summed E-state index contributed by atoms with van der Waals surface area (Å²) in [6.07, 6.45) is 0.867. The molecule has 4 nitrogen and oxygen atoms in total. The number of likely N-dealkylation sites (N-methyl/N-ethyl adjacent to an activating group) is 1. The molecule has 1 N–H and O–H groups in total. The van der Waals surface area contributed by atoms with E-state index < -0.39 is 6.04 Å². The van der Waals surface area contributed by atoms with E-state index in [4.69, 9.17) is 0 Å². The third-order valence-electron chi connectivity index (χ3n) is 3.88. The number of piperazine rings is 1. The van der Waals surface area contributed by atoms with Crippen molar-refractivity contribution in [2.75, 3.05) is 7.05 Å². The minimum absolute atomic E-state index is 0.0453. The summed E-state index contributed by atoms with van der Waals surface area (Å²) in [6, 6.07) is 8.44. The second-order valence-electron chi connectivity index (χ2n) is 5.13. The number of amides is 2. The maximum atomic E-state index is 12.4. The first-order valence-corrected chi connectivity index (χ1v) is 6.68. The average molecular weight is 260 g/mol. The summed E-state index contributed by atoms with van der Waals surface area (Å²) in [5.41, 5.74) is 0.829. The molecule has 0 saturated carbocycles. The van der Waals surface area contributed by atoms with Crippen molar-refractivity contribution in [3.8, 4) is 0 Å². The van der Waals surface area contributed by atoms with Crippen LogP contribution in [0.3, 0.4) is 0 Å². The van der Waals surface area contributed by atoms with E-state index in [2.05, 4.69) is 5.32 Å². The molecular weight excluding hydrogens is 240 g/mol. The van der Waals surface area contributed by atoms with Gasteiger partial charge in [0.1, 0.15) is 12.1 Å². The monoisotopic (exact) mass is 260 g/mol. The zero-order chi connectivity index (χ0) is 14.0. The largest absolute Gasteiger partial charge is 0.339 e. The molecule has 1 heterocycles. The Balaban J connectivity index is 2.26. The number of rotatable bonds is 3. The number of hydrogen-bond acceptors (Lipinski definition) is 2.